The van der Waals surface area contributed by atoms with Crippen molar-refractivity contribution in [3.05, 3.63) is 23.3 Å². The summed E-state index contributed by atoms with van der Waals surface area (Å²) in [6.07, 6.45) is -1.23. The zero-order chi connectivity index (χ0) is 26.7. The first kappa shape index (κ1) is 39.0. The van der Waals surface area contributed by atoms with Gasteiger partial charge in [-0.3, -0.25) is 14.6 Å². The van der Waals surface area contributed by atoms with E-state index in [2.05, 4.69) is 36.5 Å². The lowest BCUT2D eigenvalue weighted by Gasteiger charge is -2.57. The van der Waals surface area contributed by atoms with Crippen LogP contribution in [0, 0.1) is 5.92 Å². The lowest BCUT2D eigenvalue weighted by molar-refractivity contribution is -0.241. The smallest absolute Gasteiger partial charge is 0.471 e. The molecular weight excluding hydrogens is 598 g/mol. The van der Waals surface area contributed by atoms with Crippen LogP contribution in [0.15, 0.2) is 12.1 Å². The van der Waals surface area contributed by atoms with Crippen LogP contribution in [0.3, 0.4) is 0 Å². The number of carbonyl (C=O) groups is 3. The minimum absolute atomic E-state index is 0. The van der Waals surface area contributed by atoms with Crippen LogP contribution < -0.4 is 9.47 Å². The molecule has 1 spiro atoms. The van der Waals surface area contributed by atoms with Gasteiger partial charge in [-0.25, -0.2) is 9.59 Å². The molecule has 0 radical (unpaired) electrons. The number of rotatable bonds is 1. The molecule has 20 heteroatoms. The van der Waals surface area contributed by atoms with Crippen LogP contribution in [0.25, 0.3) is 0 Å². The highest BCUT2D eigenvalue weighted by atomic mass is 32.3. The highest BCUT2D eigenvalue weighted by Gasteiger charge is 2.65. The van der Waals surface area contributed by atoms with Crippen LogP contribution >= 0.6 is 0 Å². The third kappa shape index (κ3) is 6.05. The van der Waals surface area contributed by atoms with Crippen molar-refractivity contribution in [3.8, 4) is 11.5 Å². The summed E-state index contributed by atoms with van der Waals surface area (Å²) < 4.78 is 39.6. The third-order valence-electron chi connectivity index (χ3n) is 7.77. The molecule has 6 rings (SSSR count). The maximum atomic E-state index is 12.6. The zero-order valence-electron chi connectivity index (χ0n) is 22.3. The van der Waals surface area contributed by atoms with Gasteiger partial charge < -0.3 is 52.0 Å². The maximum absolute atomic E-state index is 12.6. The van der Waals surface area contributed by atoms with E-state index in [-0.39, 0.29) is 44.7 Å². The van der Waals surface area contributed by atoms with Crippen molar-refractivity contribution >= 4 is 28.1 Å². The standard InChI is InChI=1S/C18H21NO3.C4H4O10S.5H2O/c1-19-8-7-18-11-4-5-13(20)17(18)22-16-14(21-2)6-3-10(15(16)18)9-12(11)19;5-1-2(6)4(8)12-14-15(9,10)13-11-3(1)7;;;;;/h3,6,11-12,17H,4-5,7-9H2,1-2H3;1-2,5-6H;5*1H2/t11-,12+,17-,18-;1-,2-;;;;;/m01...../s1. The molecule has 42 heavy (non-hydrogen) atoms. The van der Waals surface area contributed by atoms with Gasteiger partial charge in [-0.1, -0.05) is 6.07 Å². The number of likely N-dealkylation sites (N-methyl/N-ethyl adjacent to an activating group) is 1. The second kappa shape index (κ2) is 14.0. The minimum atomic E-state index is -4.89. The Morgan fingerprint density at radius 3 is 2.10 bits per heavy atom. The van der Waals surface area contributed by atoms with Crippen LogP contribution in [0.5, 0.6) is 11.5 Å². The summed E-state index contributed by atoms with van der Waals surface area (Å²) in [4.78, 5) is 43.5. The number of ketones is 1. The van der Waals surface area contributed by atoms with Crippen molar-refractivity contribution in [1.29, 1.82) is 0 Å². The minimum Gasteiger partial charge on any atom is -0.493 e. The number of aliphatic hydroxyl groups excluding tert-OH is 2. The molecule has 6 atom stereocenters. The van der Waals surface area contributed by atoms with Gasteiger partial charge in [0.1, 0.15) is 0 Å². The summed E-state index contributed by atoms with van der Waals surface area (Å²) >= 11 is 0. The van der Waals surface area contributed by atoms with E-state index in [1.54, 1.807) is 7.11 Å². The van der Waals surface area contributed by atoms with Gasteiger partial charge in [0.15, 0.2) is 35.6 Å². The summed E-state index contributed by atoms with van der Waals surface area (Å²) in [5, 5.41) is 17.7. The molecule has 3 heterocycles. The predicted octanol–water partition coefficient (Wildman–Crippen LogP) is -5.27. The number of aliphatic hydroxyl groups is 2. The SMILES string of the molecule is COc1ccc2c3c1O[C@H]1C(=O)CC[C@H]4[C@@H](C2)N(C)CC[C@]314.O.O.O.O.O.O=C1OOS(=O)(=O)OOC(=O)[C@H](O)[C@H]1O. The number of ether oxygens (including phenoxy) is 2. The first-order chi connectivity index (χ1) is 17.5. The molecule has 0 unspecified atom stereocenters. The number of hydrogen-bond donors (Lipinski definition) is 2. The number of likely N-dealkylation sites (tertiary alicyclic amines) is 1. The number of Topliss-reactive ketones (excluding diaryl/α,β-unsaturated/α-hetero) is 1. The van der Waals surface area contributed by atoms with E-state index < -0.39 is 34.5 Å². The van der Waals surface area contributed by atoms with Crippen molar-refractivity contribution in [1.82, 2.24) is 4.90 Å². The fraction of sp³-hybridized carbons (Fsp3) is 0.591. The first-order valence-corrected chi connectivity index (χ1v) is 12.8. The molecule has 2 bridgehead atoms. The molecule has 242 valence electrons. The number of piperidine rings is 1. The Balaban J connectivity index is 0.000000761. The molecule has 1 aromatic carbocycles. The normalized spacial score (nSPS) is 31.5. The largest absolute Gasteiger partial charge is 0.493 e. The van der Waals surface area contributed by atoms with E-state index in [1.807, 2.05) is 6.07 Å². The molecule has 3 fully saturated rings. The highest BCUT2D eigenvalue weighted by Crippen LogP contribution is 2.63. The van der Waals surface area contributed by atoms with Crippen molar-refractivity contribution in [2.24, 2.45) is 5.92 Å². The van der Waals surface area contributed by atoms with Crippen molar-refractivity contribution in [2.75, 3.05) is 20.7 Å². The Morgan fingerprint density at radius 1 is 0.976 bits per heavy atom. The number of carbonyl (C=O) groups excluding carboxylic acids is 3. The van der Waals surface area contributed by atoms with Crippen LogP contribution in [0.2, 0.25) is 0 Å². The summed E-state index contributed by atoms with van der Waals surface area (Å²) in [5.74, 6) is -0.942. The Hall–Kier alpha value is -3.02. The van der Waals surface area contributed by atoms with Crippen LogP contribution in [0.4, 0.5) is 0 Å². The topological polar surface area (TPSA) is 342 Å². The predicted molar refractivity (Wildman–Crippen MR) is 135 cm³/mol. The van der Waals surface area contributed by atoms with Crippen molar-refractivity contribution in [3.63, 3.8) is 0 Å². The summed E-state index contributed by atoms with van der Waals surface area (Å²) in [6.45, 7) is 1.05. The summed E-state index contributed by atoms with van der Waals surface area (Å²) in [7, 11) is -0.975. The van der Waals surface area contributed by atoms with Crippen molar-refractivity contribution < 1.29 is 88.3 Å². The lowest BCUT2D eigenvalue weighted by atomic mass is 9.52. The fourth-order valence-corrected chi connectivity index (χ4v) is 6.51. The van der Waals surface area contributed by atoms with Crippen LogP contribution in [0.1, 0.15) is 30.4 Å². The van der Waals surface area contributed by atoms with Gasteiger partial charge in [-0.15, -0.1) is 0 Å². The molecule has 1 aromatic rings. The Labute approximate surface area is 238 Å². The van der Waals surface area contributed by atoms with Gasteiger partial charge in [-0.05, 0) is 59.1 Å². The lowest BCUT2D eigenvalue weighted by Crippen LogP contribution is -2.65. The van der Waals surface area contributed by atoms with E-state index in [0.717, 1.165) is 37.3 Å². The zero-order valence-corrected chi connectivity index (χ0v) is 23.1. The molecule has 0 aromatic heterocycles. The average Bonchev–Trinajstić information content (AvgIpc) is 3.24. The number of benzene rings is 1. The van der Waals surface area contributed by atoms with Gasteiger partial charge in [-0.2, -0.15) is 8.42 Å². The van der Waals surface area contributed by atoms with E-state index in [9.17, 15) is 22.8 Å². The third-order valence-corrected chi connectivity index (χ3v) is 8.24. The van der Waals surface area contributed by atoms with Gasteiger partial charge >= 0.3 is 22.3 Å². The molecule has 12 N–H and O–H groups in total. The molecular formula is C22H35NO18S. The van der Waals surface area contributed by atoms with E-state index in [0.29, 0.717) is 18.4 Å². The Kier molecular flexibility index (Phi) is 13.0. The molecule has 5 aliphatic rings. The van der Waals surface area contributed by atoms with E-state index >= 15 is 0 Å². The number of hydrogen-bond acceptors (Lipinski definition) is 14. The molecule has 0 amide bonds. The molecule has 1 saturated carbocycles. The fourth-order valence-electron chi connectivity index (χ4n) is 6.19. The highest BCUT2D eigenvalue weighted by molar-refractivity contribution is 7.81. The van der Waals surface area contributed by atoms with Crippen molar-refractivity contribution in [2.45, 2.75) is 55.5 Å². The van der Waals surface area contributed by atoms with E-state index in [1.165, 1.54) is 11.1 Å². The summed E-state index contributed by atoms with van der Waals surface area (Å²) in [6, 6.07) is 4.73. The van der Waals surface area contributed by atoms with Crippen LogP contribution in [-0.4, -0.2) is 114 Å². The monoisotopic (exact) mass is 633 g/mol. The average molecular weight is 634 g/mol. The van der Waals surface area contributed by atoms with E-state index in [4.69, 9.17) is 19.7 Å². The Morgan fingerprint density at radius 2 is 1.55 bits per heavy atom. The van der Waals surface area contributed by atoms with Gasteiger partial charge in [0.2, 0.25) is 0 Å². The second-order valence-electron chi connectivity index (χ2n) is 9.52. The Bertz CT molecular complexity index is 1230. The molecule has 2 saturated heterocycles. The van der Waals surface area contributed by atoms with Gasteiger partial charge in [0, 0.05) is 23.4 Å². The summed E-state index contributed by atoms with van der Waals surface area (Å²) in [5.41, 5.74) is 2.57. The second-order valence-corrected chi connectivity index (χ2v) is 10.6. The first-order valence-electron chi connectivity index (χ1n) is 11.5. The quantitative estimate of drug-likeness (QED) is 0.273. The van der Waals surface area contributed by atoms with Crippen LogP contribution in [-0.2, 0) is 55.1 Å². The molecule has 3 aliphatic heterocycles. The molecule has 19 nitrogen and oxygen atoms in total. The molecule has 2 aliphatic carbocycles. The number of nitrogens with zero attached hydrogens (tertiary/aromatic N) is 1. The van der Waals surface area contributed by atoms with Gasteiger partial charge in [0.05, 0.1) is 7.11 Å². The number of methoxy groups -OCH3 is 1. The van der Waals surface area contributed by atoms with Gasteiger partial charge in [0.25, 0.3) is 0 Å². The maximum Gasteiger partial charge on any atom is 0.471 e.